The molecule has 9 nitrogen and oxygen atoms in total. The number of pyridine rings is 1. The zero-order valence-corrected chi connectivity index (χ0v) is 20.0. The van der Waals surface area contributed by atoms with Crippen molar-refractivity contribution in [1.82, 2.24) is 19.9 Å². The van der Waals surface area contributed by atoms with Gasteiger partial charge in [0.1, 0.15) is 11.2 Å². The number of hydrogen-bond donors (Lipinski definition) is 3. The second-order valence-electron chi connectivity index (χ2n) is 8.88. The van der Waals surface area contributed by atoms with Crippen LogP contribution in [0.1, 0.15) is 24.3 Å². The lowest BCUT2D eigenvalue weighted by Crippen LogP contribution is -2.29. The molecule has 0 saturated carbocycles. The third-order valence-corrected chi connectivity index (χ3v) is 7.36. The number of aromatic nitrogens is 3. The molecule has 1 aliphatic heterocycles. The summed E-state index contributed by atoms with van der Waals surface area (Å²) in [5, 5.41) is 8.87. The van der Waals surface area contributed by atoms with Gasteiger partial charge in [-0.1, -0.05) is 24.3 Å². The lowest BCUT2D eigenvalue weighted by atomic mass is 9.89. The van der Waals surface area contributed by atoms with Crippen LogP contribution in [0.25, 0.3) is 22.2 Å². The summed E-state index contributed by atoms with van der Waals surface area (Å²) in [5.74, 6) is 0.876. The van der Waals surface area contributed by atoms with E-state index in [2.05, 4.69) is 44.3 Å². The average Bonchev–Trinajstić information content (AvgIpc) is 2.84. The van der Waals surface area contributed by atoms with Crippen molar-refractivity contribution < 1.29 is 8.42 Å². The van der Waals surface area contributed by atoms with Gasteiger partial charge in [0.05, 0.1) is 22.4 Å². The number of likely N-dealkylation sites (tertiary alicyclic amines) is 1. The molecule has 4 N–H and O–H groups in total. The summed E-state index contributed by atoms with van der Waals surface area (Å²) < 4.78 is 23.6. The summed E-state index contributed by atoms with van der Waals surface area (Å²) in [6, 6.07) is 16.1. The Hall–Kier alpha value is -3.60. The van der Waals surface area contributed by atoms with Crippen LogP contribution in [-0.4, -0.2) is 48.4 Å². The molecule has 2 aromatic carbocycles. The van der Waals surface area contributed by atoms with Crippen LogP contribution >= 0.6 is 0 Å². The lowest BCUT2D eigenvalue weighted by molar-refractivity contribution is 0.255. The molecular formula is C25H26N6O3S. The number of anilines is 2. The molecule has 0 aliphatic carbocycles. The fourth-order valence-electron chi connectivity index (χ4n) is 4.48. The first-order valence-electron chi connectivity index (χ1n) is 11.3. The number of nitrogens with two attached hydrogens (primary N) is 1. The van der Waals surface area contributed by atoms with Crippen molar-refractivity contribution >= 4 is 32.4 Å². The summed E-state index contributed by atoms with van der Waals surface area (Å²) in [5.41, 5.74) is 3.21. The predicted molar refractivity (Wildman–Crippen MR) is 136 cm³/mol. The third-order valence-electron chi connectivity index (χ3n) is 6.45. The first-order chi connectivity index (χ1) is 16.8. The maximum absolute atomic E-state index is 12.6. The first kappa shape index (κ1) is 23.2. The van der Waals surface area contributed by atoms with Crippen LogP contribution in [-0.2, 0) is 10.0 Å². The SMILES string of the molecule is CN1CCC(c2ccc(Nc3nc(-c4cccc(S(N)(=O)=O)c4)cc4nc[nH]c(=O)c34)cc2)CC1. The highest BCUT2D eigenvalue weighted by Gasteiger charge is 2.19. The van der Waals surface area contributed by atoms with E-state index in [0.29, 0.717) is 33.9 Å². The molecule has 2 aromatic heterocycles. The summed E-state index contributed by atoms with van der Waals surface area (Å²) in [6.07, 6.45) is 3.60. The van der Waals surface area contributed by atoms with Crippen molar-refractivity contribution in [1.29, 1.82) is 0 Å². The van der Waals surface area contributed by atoms with Crippen LogP contribution in [0, 0.1) is 0 Å². The van der Waals surface area contributed by atoms with E-state index in [4.69, 9.17) is 5.14 Å². The van der Waals surface area contributed by atoms with Crippen LogP contribution in [0.15, 0.2) is 70.6 Å². The van der Waals surface area contributed by atoms with E-state index in [0.717, 1.165) is 31.6 Å². The van der Waals surface area contributed by atoms with Gasteiger partial charge in [-0.2, -0.15) is 0 Å². The highest BCUT2D eigenvalue weighted by molar-refractivity contribution is 7.89. The Balaban J connectivity index is 1.52. The zero-order chi connectivity index (χ0) is 24.6. The van der Waals surface area contributed by atoms with E-state index in [1.54, 1.807) is 18.2 Å². The fourth-order valence-corrected chi connectivity index (χ4v) is 5.04. The predicted octanol–water partition coefficient (Wildman–Crippen LogP) is 3.19. The van der Waals surface area contributed by atoms with E-state index in [1.165, 1.54) is 24.0 Å². The molecule has 5 rings (SSSR count). The van der Waals surface area contributed by atoms with Gasteiger partial charge in [-0.25, -0.2) is 23.5 Å². The molecule has 0 spiro atoms. The number of sulfonamides is 1. The number of nitrogens with zero attached hydrogens (tertiary/aromatic N) is 3. The van der Waals surface area contributed by atoms with Gasteiger partial charge in [0.2, 0.25) is 10.0 Å². The third kappa shape index (κ3) is 4.95. The molecule has 0 bridgehead atoms. The van der Waals surface area contributed by atoms with Gasteiger partial charge >= 0.3 is 0 Å². The van der Waals surface area contributed by atoms with E-state index in [-0.39, 0.29) is 10.5 Å². The van der Waals surface area contributed by atoms with Gasteiger partial charge in [-0.3, -0.25) is 4.79 Å². The molecule has 0 radical (unpaired) electrons. The normalized spacial score (nSPS) is 15.4. The van der Waals surface area contributed by atoms with Gasteiger partial charge in [-0.05, 0) is 74.8 Å². The summed E-state index contributed by atoms with van der Waals surface area (Å²) in [7, 11) is -1.73. The Kier molecular flexibility index (Phi) is 6.10. The maximum Gasteiger partial charge on any atom is 0.262 e. The number of nitrogens with one attached hydrogen (secondary N) is 2. The highest BCUT2D eigenvalue weighted by atomic mass is 32.2. The van der Waals surface area contributed by atoms with Crippen LogP contribution in [0.5, 0.6) is 0 Å². The second-order valence-corrected chi connectivity index (χ2v) is 10.4. The van der Waals surface area contributed by atoms with Crippen LogP contribution in [0.3, 0.4) is 0 Å². The Bertz CT molecular complexity index is 1540. The molecule has 10 heteroatoms. The molecule has 0 amide bonds. The number of rotatable bonds is 5. The Morgan fingerprint density at radius 2 is 1.83 bits per heavy atom. The van der Waals surface area contributed by atoms with Gasteiger partial charge in [0.15, 0.2) is 0 Å². The number of benzene rings is 2. The Labute approximate surface area is 203 Å². The Morgan fingerprint density at radius 3 is 2.54 bits per heavy atom. The van der Waals surface area contributed by atoms with Crippen molar-refractivity contribution in [3.05, 3.63) is 76.8 Å². The van der Waals surface area contributed by atoms with Crippen molar-refractivity contribution in [2.75, 3.05) is 25.5 Å². The summed E-state index contributed by atoms with van der Waals surface area (Å²) >= 11 is 0. The quantitative estimate of drug-likeness (QED) is 0.391. The first-order valence-corrected chi connectivity index (χ1v) is 12.9. The van der Waals surface area contributed by atoms with Gasteiger partial charge in [0, 0.05) is 11.3 Å². The molecule has 1 fully saturated rings. The zero-order valence-electron chi connectivity index (χ0n) is 19.2. The smallest absolute Gasteiger partial charge is 0.262 e. The van der Waals surface area contributed by atoms with Crippen molar-refractivity contribution in [2.45, 2.75) is 23.7 Å². The fraction of sp³-hybridized carbons (Fsp3) is 0.240. The van der Waals surface area contributed by atoms with Gasteiger partial charge < -0.3 is 15.2 Å². The van der Waals surface area contributed by atoms with Crippen molar-refractivity contribution in [3.63, 3.8) is 0 Å². The standard InChI is InChI=1S/C25H26N6O3S/c1-31-11-9-17(10-12-31)16-5-7-19(8-6-16)29-24-23-22(27-15-28-25(23)32)14-21(30-24)18-3-2-4-20(13-18)35(26,33)34/h2-8,13-15,17H,9-12H2,1H3,(H,29,30)(H2,26,33,34)(H,27,28,32). The largest absolute Gasteiger partial charge is 0.339 e. The molecule has 1 aliphatic rings. The number of aromatic amines is 1. The molecule has 0 atom stereocenters. The monoisotopic (exact) mass is 490 g/mol. The van der Waals surface area contributed by atoms with Gasteiger partial charge in [-0.15, -0.1) is 0 Å². The van der Waals surface area contributed by atoms with E-state index < -0.39 is 10.0 Å². The Morgan fingerprint density at radius 1 is 1.09 bits per heavy atom. The summed E-state index contributed by atoms with van der Waals surface area (Å²) in [4.78, 5) is 26.5. The molecule has 1 saturated heterocycles. The minimum Gasteiger partial charge on any atom is -0.339 e. The van der Waals surface area contributed by atoms with Crippen LogP contribution < -0.4 is 16.0 Å². The van der Waals surface area contributed by atoms with Gasteiger partial charge in [0.25, 0.3) is 5.56 Å². The average molecular weight is 491 g/mol. The molecule has 3 heterocycles. The number of primary sulfonamides is 1. The second kappa shape index (κ2) is 9.21. The van der Waals surface area contributed by atoms with E-state index >= 15 is 0 Å². The number of fused-ring (bicyclic) bond motifs is 1. The molecule has 0 unspecified atom stereocenters. The van der Waals surface area contributed by atoms with Crippen LogP contribution in [0.4, 0.5) is 11.5 Å². The number of H-pyrrole nitrogens is 1. The molecule has 35 heavy (non-hydrogen) atoms. The lowest BCUT2D eigenvalue weighted by Gasteiger charge is -2.29. The maximum atomic E-state index is 12.6. The van der Waals surface area contributed by atoms with Crippen LogP contribution in [0.2, 0.25) is 0 Å². The highest BCUT2D eigenvalue weighted by Crippen LogP contribution is 2.31. The minimum absolute atomic E-state index is 0.0187. The minimum atomic E-state index is -3.87. The van der Waals surface area contributed by atoms with Crippen molar-refractivity contribution in [2.24, 2.45) is 5.14 Å². The van der Waals surface area contributed by atoms with E-state index in [1.807, 2.05) is 12.1 Å². The van der Waals surface area contributed by atoms with E-state index in [9.17, 15) is 13.2 Å². The molecule has 4 aromatic rings. The number of hydrogen-bond acceptors (Lipinski definition) is 7. The molecular weight excluding hydrogens is 464 g/mol. The topological polar surface area (TPSA) is 134 Å². The number of piperidine rings is 1. The summed E-state index contributed by atoms with van der Waals surface area (Å²) in [6.45, 7) is 2.19. The van der Waals surface area contributed by atoms with Crippen molar-refractivity contribution in [3.8, 4) is 11.3 Å². The molecule has 180 valence electrons.